The molecule has 1 N–H and O–H groups in total. The first-order chi connectivity index (χ1) is 11.9. The summed E-state index contributed by atoms with van der Waals surface area (Å²) in [5.74, 6) is 1.65. The van der Waals surface area contributed by atoms with Crippen LogP contribution in [0.15, 0.2) is 36.4 Å². The third-order valence-electron chi connectivity index (χ3n) is 6.78. The SMILES string of the molecule is C=C1C(C)(C)[C@H]2CC[C@]1(C(=O)NCc1nc3ccccc3n1CC)C2. The smallest absolute Gasteiger partial charge is 0.230 e. The Morgan fingerprint density at radius 3 is 2.84 bits per heavy atom. The zero-order valence-electron chi connectivity index (χ0n) is 15.4. The summed E-state index contributed by atoms with van der Waals surface area (Å²) in [5, 5.41) is 3.18. The lowest BCUT2D eigenvalue weighted by Crippen LogP contribution is -2.41. The molecule has 2 aliphatic carbocycles. The van der Waals surface area contributed by atoms with Gasteiger partial charge in [-0.25, -0.2) is 4.98 Å². The predicted octanol–water partition coefficient (Wildman–Crippen LogP) is 4.05. The second kappa shape index (κ2) is 5.45. The minimum atomic E-state index is -0.364. The highest BCUT2D eigenvalue weighted by atomic mass is 16.2. The van der Waals surface area contributed by atoms with Crippen molar-refractivity contribution in [2.75, 3.05) is 0 Å². The van der Waals surface area contributed by atoms with Crippen molar-refractivity contribution in [1.82, 2.24) is 14.9 Å². The average Bonchev–Trinajstić information content (AvgIpc) is 3.25. The van der Waals surface area contributed by atoms with E-state index in [1.54, 1.807) is 0 Å². The van der Waals surface area contributed by atoms with Gasteiger partial charge in [0.1, 0.15) is 5.82 Å². The standard InChI is InChI=1S/C21H27N3O/c1-5-24-17-9-7-6-8-16(17)23-18(24)13-22-19(25)21-11-10-15(12-21)20(3,4)14(21)2/h6-9,15H,2,5,10-13H2,1,3-4H3,(H,22,25)/t15-,21-/m0/s1. The summed E-state index contributed by atoms with van der Waals surface area (Å²) in [6.07, 6.45) is 3.03. The third kappa shape index (κ3) is 2.19. The van der Waals surface area contributed by atoms with Crippen LogP contribution in [0.5, 0.6) is 0 Å². The van der Waals surface area contributed by atoms with Gasteiger partial charge in [0.15, 0.2) is 0 Å². The summed E-state index contributed by atoms with van der Waals surface area (Å²) in [6.45, 7) is 12.2. The van der Waals surface area contributed by atoms with Crippen molar-refractivity contribution < 1.29 is 4.79 Å². The molecule has 132 valence electrons. The van der Waals surface area contributed by atoms with Crippen molar-refractivity contribution in [3.63, 3.8) is 0 Å². The Balaban J connectivity index is 1.56. The number of para-hydroxylation sites is 2. The molecule has 2 fully saturated rings. The van der Waals surface area contributed by atoms with E-state index in [9.17, 15) is 4.79 Å². The van der Waals surface area contributed by atoms with Crippen LogP contribution in [0.4, 0.5) is 0 Å². The lowest BCUT2D eigenvalue weighted by Gasteiger charge is -2.37. The number of benzene rings is 1. The number of hydrogen-bond donors (Lipinski definition) is 1. The molecule has 0 saturated heterocycles. The Labute approximate surface area is 149 Å². The number of imidazole rings is 1. The van der Waals surface area contributed by atoms with Crippen molar-refractivity contribution in [1.29, 1.82) is 0 Å². The molecule has 4 rings (SSSR count). The molecule has 2 saturated carbocycles. The van der Waals surface area contributed by atoms with E-state index in [-0.39, 0.29) is 16.7 Å². The Morgan fingerprint density at radius 1 is 1.40 bits per heavy atom. The average molecular weight is 337 g/mol. The summed E-state index contributed by atoms with van der Waals surface area (Å²) in [7, 11) is 0. The van der Waals surface area contributed by atoms with Crippen LogP contribution in [0, 0.1) is 16.7 Å². The number of hydrogen-bond acceptors (Lipinski definition) is 2. The van der Waals surface area contributed by atoms with E-state index in [4.69, 9.17) is 4.98 Å². The minimum absolute atomic E-state index is 0.0756. The van der Waals surface area contributed by atoms with Crippen molar-refractivity contribution >= 4 is 16.9 Å². The quantitative estimate of drug-likeness (QED) is 0.856. The maximum Gasteiger partial charge on any atom is 0.230 e. The highest BCUT2D eigenvalue weighted by molar-refractivity contribution is 5.87. The second-order valence-corrected chi connectivity index (χ2v) is 8.17. The fraction of sp³-hybridized carbons (Fsp3) is 0.524. The second-order valence-electron chi connectivity index (χ2n) is 8.17. The van der Waals surface area contributed by atoms with Crippen molar-refractivity contribution in [3.05, 3.63) is 42.2 Å². The number of nitrogens with one attached hydrogen (secondary N) is 1. The van der Waals surface area contributed by atoms with E-state index in [0.29, 0.717) is 12.5 Å². The van der Waals surface area contributed by atoms with Gasteiger partial charge in [0.25, 0.3) is 0 Å². The molecule has 4 heteroatoms. The van der Waals surface area contributed by atoms with Crippen LogP contribution in [0.2, 0.25) is 0 Å². The zero-order chi connectivity index (χ0) is 17.8. The number of nitrogens with zero attached hydrogens (tertiary/aromatic N) is 2. The van der Waals surface area contributed by atoms with E-state index in [1.807, 2.05) is 18.2 Å². The Hall–Kier alpha value is -2.10. The molecule has 1 heterocycles. The number of rotatable bonds is 4. The van der Waals surface area contributed by atoms with Gasteiger partial charge >= 0.3 is 0 Å². The molecule has 2 atom stereocenters. The van der Waals surface area contributed by atoms with E-state index in [0.717, 1.165) is 48.2 Å². The van der Waals surface area contributed by atoms with Crippen LogP contribution < -0.4 is 5.32 Å². The molecule has 4 nitrogen and oxygen atoms in total. The number of fused-ring (bicyclic) bond motifs is 3. The first-order valence-corrected chi connectivity index (χ1v) is 9.32. The molecule has 0 unspecified atom stereocenters. The van der Waals surface area contributed by atoms with Crippen LogP contribution in [0.3, 0.4) is 0 Å². The van der Waals surface area contributed by atoms with Crippen LogP contribution in [-0.2, 0) is 17.9 Å². The predicted molar refractivity (Wildman–Crippen MR) is 99.9 cm³/mol. The normalized spacial score (nSPS) is 27.2. The number of carbonyl (C=O) groups excluding carboxylic acids is 1. The van der Waals surface area contributed by atoms with Crippen molar-refractivity contribution in [2.24, 2.45) is 16.7 Å². The fourth-order valence-electron chi connectivity index (χ4n) is 5.08. The van der Waals surface area contributed by atoms with Gasteiger partial charge in [-0.05, 0) is 49.7 Å². The molecule has 1 aromatic heterocycles. The molecular weight excluding hydrogens is 310 g/mol. The monoisotopic (exact) mass is 337 g/mol. The van der Waals surface area contributed by atoms with Gasteiger partial charge in [-0.3, -0.25) is 4.79 Å². The van der Waals surface area contributed by atoms with Gasteiger partial charge in [0.05, 0.1) is 23.0 Å². The lowest BCUT2D eigenvalue weighted by molar-refractivity contribution is -0.129. The van der Waals surface area contributed by atoms with Gasteiger partial charge in [-0.1, -0.05) is 38.1 Å². The molecule has 2 aliphatic rings. The van der Waals surface area contributed by atoms with E-state index >= 15 is 0 Å². The fourth-order valence-corrected chi connectivity index (χ4v) is 5.08. The van der Waals surface area contributed by atoms with Crippen molar-refractivity contribution in [3.8, 4) is 0 Å². The highest BCUT2D eigenvalue weighted by Crippen LogP contribution is 2.65. The number of aryl methyl sites for hydroxylation is 1. The minimum Gasteiger partial charge on any atom is -0.348 e. The maximum atomic E-state index is 13.1. The molecule has 2 bridgehead atoms. The summed E-state index contributed by atoms with van der Waals surface area (Å²) >= 11 is 0. The Bertz CT molecular complexity index is 863. The van der Waals surface area contributed by atoms with Gasteiger partial charge < -0.3 is 9.88 Å². The van der Waals surface area contributed by atoms with Crippen LogP contribution in [0.1, 0.15) is 45.9 Å². The summed E-state index contributed by atoms with van der Waals surface area (Å²) in [4.78, 5) is 17.8. The van der Waals surface area contributed by atoms with Gasteiger partial charge in [-0.2, -0.15) is 0 Å². The molecule has 1 aromatic carbocycles. The number of carbonyl (C=O) groups is 1. The Kier molecular flexibility index (Phi) is 3.57. The van der Waals surface area contributed by atoms with E-state index in [2.05, 4.69) is 43.3 Å². The summed E-state index contributed by atoms with van der Waals surface area (Å²) in [6, 6.07) is 8.13. The molecule has 0 aliphatic heterocycles. The summed E-state index contributed by atoms with van der Waals surface area (Å²) in [5.41, 5.74) is 2.94. The van der Waals surface area contributed by atoms with Crippen LogP contribution in [0.25, 0.3) is 11.0 Å². The molecule has 0 spiro atoms. The van der Waals surface area contributed by atoms with Crippen LogP contribution >= 0.6 is 0 Å². The Morgan fingerprint density at radius 2 is 2.16 bits per heavy atom. The number of amides is 1. The summed E-state index contributed by atoms with van der Waals surface area (Å²) < 4.78 is 2.18. The largest absolute Gasteiger partial charge is 0.348 e. The molecule has 1 amide bonds. The zero-order valence-corrected chi connectivity index (χ0v) is 15.4. The van der Waals surface area contributed by atoms with Crippen LogP contribution in [-0.4, -0.2) is 15.5 Å². The van der Waals surface area contributed by atoms with Gasteiger partial charge in [0.2, 0.25) is 5.91 Å². The number of aromatic nitrogens is 2. The highest BCUT2D eigenvalue weighted by Gasteiger charge is 2.60. The van der Waals surface area contributed by atoms with Gasteiger partial charge in [0, 0.05) is 6.54 Å². The van der Waals surface area contributed by atoms with Gasteiger partial charge in [-0.15, -0.1) is 0 Å². The van der Waals surface area contributed by atoms with E-state index < -0.39 is 0 Å². The van der Waals surface area contributed by atoms with Crippen molar-refractivity contribution in [2.45, 2.75) is 53.1 Å². The lowest BCUT2D eigenvalue weighted by atomic mass is 9.68. The topological polar surface area (TPSA) is 46.9 Å². The first kappa shape index (κ1) is 16.4. The van der Waals surface area contributed by atoms with E-state index in [1.165, 1.54) is 0 Å². The first-order valence-electron chi connectivity index (χ1n) is 9.32. The molecule has 2 aromatic rings. The molecular formula is C21H27N3O. The molecule has 0 radical (unpaired) electrons. The maximum absolute atomic E-state index is 13.1. The third-order valence-corrected chi connectivity index (χ3v) is 6.78. The molecule has 25 heavy (non-hydrogen) atoms.